The Labute approximate surface area is 90.9 Å². The van der Waals surface area contributed by atoms with E-state index < -0.39 is 0 Å². The molecule has 0 aliphatic rings. The topological polar surface area (TPSA) is 3.24 Å². The molecule has 0 aliphatic carbocycles. The summed E-state index contributed by atoms with van der Waals surface area (Å²) >= 11 is 0. The summed E-state index contributed by atoms with van der Waals surface area (Å²) in [4.78, 5) is 2.46. The number of unbranched alkanes of at least 4 members (excludes halogenated alkanes) is 1. The van der Waals surface area contributed by atoms with E-state index in [0.717, 1.165) is 6.54 Å². The van der Waals surface area contributed by atoms with Gasteiger partial charge in [0, 0.05) is 6.54 Å². The first-order valence-electron chi connectivity index (χ1n) is 4.68. The molecule has 0 aromatic rings. The molecule has 68 valence electrons. The second kappa shape index (κ2) is 11.3. The summed E-state index contributed by atoms with van der Waals surface area (Å²) in [5, 5.41) is 0. The summed E-state index contributed by atoms with van der Waals surface area (Å²) in [5.41, 5.74) is 0. The van der Waals surface area contributed by atoms with E-state index >= 15 is 0 Å². The maximum atomic E-state index is 2.46. The first kappa shape index (κ1) is 14.8. The van der Waals surface area contributed by atoms with Gasteiger partial charge in [0.15, 0.2) is 0 Å². The zero-order valence-corrected chi connectivity index (χ0v) is 9.14. The third-order valence-electron chi connectivity index (χ3n) is 1.87. The Kier molecular flexibility index (Phi) is 13.9. The summed E-state index contributed by atoms with van der Waals surface area (Å²) in [7, 11) is 0. The minimum Gasteiger partial charge on any atom is -1.00 e. The molecule has 12 heavy (non-hydrogen) atoms. The maximum absolute atomic E-state index is 2.46. The van der Waals surface area contributed by atoms with E-state index in [0.29, 0.717) is 0 Å². The molecule has 0 amide bonds. The normalized spacial score (nSPS) is 10.7. The summed E-state index contributed by atoms with van der Waals surface area (Å²) in [6, 6.07) is 0. The van der Waals surface area contributed by atoms with Crippen LogP contribution in [0.1, 0.15) is 35.0 Å². The summed E-state index contributed by atoms with van der Waals surface area (Å²) in [6.07, 6.45) is 6.96. The van der Waals surface area contributed by atoms with Crippen LogP contribution in [0.25, 0.3) is 0 Å². The molecule has 0 atom stereocenters. The number of hydrogen-bond acceptors (Lipinski definition) is 1. The first-order valence-corrected chi connectivity index (χ1v) is 4.68. The smallest absolute Gasteiger partial charge is 1.00 e. The minimum absolute atomic E-state index is 0. The molecular formula is C10H22LiN. The third-order valence-corrected chi connectivity index (χ3v) is 1.87. The standard InChI is InChI=1S/C10H21N.Li.H/c1-4-7-9-11(6-3)10-8-5-2;;/h4,7H,5-6,8-10H2,1-3H3;;/q;+1;-1. The Hall–Kier alpha value is 0.297. The number of nitrogens with zero attached hydrogens (tertiary/aromatic N) is 1. The third kappa shape index (κ3) is 8.39. The average molecular weight is 163 g/mol. The van der Waals surface area contributed by atoms with Crippen LogP contribution >= 0.6 is 0 Å². The van der Waals surface area contributed by atoms with Gasteiger partial charge in [-0.25, -0.2) is 0 Å². The predicted molar refractivity (Wildman–Crippen MR) is 52.9 cm³/mol. The molecule has 0 aliphatic heterocycles. The average Bonchev–Trinajstić information content (AvgIpc) is 2.05. The Bertz CT molecular complexity index is 107. The van der Waals surface area contributed by atoms with E-state index in [1.165, 1.54) is 25.9 Å². The van der Waals surface area contributed by atoms with Crippen LogP contribution in [0, 0.1) is 0 Å². The molecule has 0 heterocycles. The molecule has 0 saturated carbocycles. The van der Waals surface area contributed by atoms with E-state index in [-0.39, 0.29) is 20.3 Å². The Balaban J connectivity index is -0.000000500. The largest absolute Gasteiger partial charge is 1.00 e. The van der Waals surface area contributed by atoms with Crippen LogP contribution < -0.4 is 18.9 Å². The van der Waals surface area contributed by atoms with Crippen molar-refractivity contribution >= 4 is 0 Å². The molecule has 0 rings (SSSR count). The van der Waals surface area contributed by atoms with Crippen molar-refractivity contribution in [2.24, 2.45) is 0 Å². The van der Waals surface area contributed by atoms with Crippen LogP contribution in [0.2, 0.25) is 0 Å². The quantitative estimate of drug-likeness (QED) is 0.387. The molecule has 1 nitrogen and oxygen atoms in total. The molecule has 0 saturated heterocycles. The number of rotatable bonds is 6. The molecule has 2 heteroatoms. The van der Waals surface area contributed by atoms with Crippen molar-refractivity contribution in [2.45, 2.75) is 33.6 Å². The summed E-state index contributed by atoms with van der Waals surface area (Å²) < 4.78 is 0. The summed E-state index contributed by atoms with van der Waals surface area (Å²) in [6.45, 7) is 10.1. The van der Waals surface area contributed by atoms with Gasteiger partial charge in [0.05, 0.1) is 0 Å². The number of likely N-dealkylation sites (N-methyl/N-ethyl adjacent to an activating group) is 1. The zero-order chi connectivity index (χ0) is 8.53. The van der Waals surface area contributed by atoms with E-state index in [1.807, 2.05) is 0 Å². The fraction of sp³-hybridized carbons (Fsp3) is 0.800. The zero-order valence-electron chi connectivity index (χ0n) is 10.1. The van der Waals surface area contributed by atoms with Gasteiger partial charge in [-0.1, -0.05) is 32.4 Å². The number of allylic oxidation sites excluding steroid dienone is 1. The van der Waals surface area contributed by atoms with Gasteiger partial charge in [-0.05, 0) is 26.4 Å². The molecule has 0 unspecified atom stereocenters. The maximum Gasteiger partial charge on any atom is 1.00 e. The van der Waals surface area contributed by atoms with Gasteiger partial charge in [-0.2, -0.15) is 0 Å². The van der Waals surface area contributed by atoms with Crippen LogP contribution in [0.3, 0.4) is 0 Å². The monoisotopic (exact) mass is 163 g/mol. The van der Waals surface area contributed by atoms with Crippen molar-refractivity contribution in [2.75, 3.05) is 19.6 Å². The molecular weight excluding hydrogens is 141 g/mol. The van der Waals surface area contributed by atoms with Crippen molar-refractivity contribution < 1.29 is 20.3 Å². The van der Waals surface area contributed by atoms with Crippen LogP contribution in [0.4, 0.5) is 0 Å². The van der Waals surface area contributed by atoms with Gasteiger partial charge in [-0.3, -0.25) is 4.90 Å². The van der Waals surface area contributed by atoms with Gasteiger partial charge < -0.3 is 1.43 Å². The second-order valence-electron chi connectivity index (χ2n) is 2.82. The van der Waals surface area contributed by atoms with Crippen molar-refractivity contribution in [3.8, 4) is 0 Å². The van der Waals surface area contributed by atoms with Crippen LogP contribution in [0.5, 0.6) is 0 Å². The van der Waals surface area contributed by atoms with Crippen LogP contribution in [-0.2, 0) is 0 Å². The predicted octanol–water partition coefficient (Wildman–Crippen LogP) is -0.199. The van der Waals surface area contributed by atoms with E-state index in [2.05, 4.69) is 37.8 Å². The van der Waals surface area contributed by atoms with E-state index in [1.54, 1.807) is 0 Å². The van der Waals surface area contributed by atoms with E-state index in [4.69, 9.17) is 0 Å². The van der Waals surface area contributed by atoms with Gasteiger partial charge in [0.2, 0.25) is 0 Å². The van der Waals surface area contributed by atoms with Crippen LogP contribution in [0.15, 0.2) is 12.2 Å². The second-order valence-corrected chi connectivity index (χ2v) is 2.82. The van der Waals surface area contributed by atoms with Gasteiger partial charge >= 0.3 is 18.9 Å². The van der Waals surface area contributed by atoms with Gasteiger partial charge in [0.25, 0.3) is 0 Å². The van der Waals surface area contributed by atoms with E-state index in [9.17, 15) is 0 Å². The number of hydrogen-bond donors (Lipinski definition) is 0. The fourth-order valence-corrected chi connectivity index (χ4v) is 1.01. The molecule has 0 radical (unpaired) electrons. The van der Waals surface area contributed by atoms with Gasteiger partial charge in [0.1, 0.15) is 0 Å². The molecule has 0 aromatic carbocycles. The van der Waals surface area contributed by atoms with Crippen molar-refractivity contribution in [3.63, 3.8) is 0 Å². The molecule has 0 bridgehead atoms. The molecule has 0 fully saturated rings. The van der Waals surface area contributed by atoms with Crippen molar-refractivity contribution in [1.29, 1.82) is 0 Å². The SMILES string of the molecule is CC=CCN(CC)CCCC.[H-].[Li+]. The van der Waals surface area contributed by atoms with Crippen LogP contribution in [-0.4, -0.2) is 24.5 Å². The fourth-order valence-electron chi connectivity index (χ4n) is 1.01. The van der Waals surface area contributed by atoms with Crippen molar-refractivity contribution in [1.82, 2.24) is 4.90 Å². The molecule has 0 aromatic heterocycles. The first-order chi connectivity index (χ1) is 5.35. The molecule has 0 N–H and O–H groups in total. The summed E-state index contributed by atoms with van der Waals surface area (Å²) in [5.74, 6) is 0. The van der Waals surface area contributed by atoms with Crippen molar-refractivity contribution in [3.05, 3.63) is 12.2 Å². The Morgan fingerprint density at radius 3 is 2.42 bits per heavy atom. The Morgan fingerprint density at radius 2 is 2.00 bits per heavy atom. The van der Waals surface area contributed by atoms with Gasteiger partial charge in [-0.15, -0.1) is 0 Å². The molecule has 0 spiro atoms. The minimum atomic E-state index is 0. The Morgan fingerprint density at radius 1 is 1.33 bits per heavy atom.